The van der Waals surface area contributed by atoms with Gasteiger partial charge in [0, 0.05) is 6.54 Å². The summed E-state index contributed by atoms with van der Waals surface area (Å²) in [5.41, 5.74) is 6.01. The molecule has 0 spiro atoms. The molecule has 0 amide bonds. The van der Waals surface area contributed by atoms with E-state index < -0.39 is 6.10 Å². The number of aliphatic hydroxyl groups excluding tert-OH is 1. The minimum atomic E-state index is -0.640. The third-order valence-electron chi connectivity index (χ3n) is 1.58. The molecule has 0 fully saturated rings. The van der Waals surface area contributed by atoms with Gasteiger partial charge < -0.3 is 15.9 Å². The van der Waals surface area contributed by atoms with Crippen molar-refractivity contribution >= 4 is 22.6 Å². The van der Waals surface area contributed by atoms with E-state index >= 15 is 0 Å². The summed E-state index contributed by atoms with van der Waals surface area (Å²) in [5.74, 6) is 0.226. The van der Waals surface area contributed by atoms with Crippen molar-refractivity contribution in [1.29, 1.82) is 0 Å². The monoisotopic (exact) mass is 279 g/mol. The van der Waals surface area contributed by atoms with Gasteiger partial charge in [-0.2, -0.15) is 0 Å². The van der Waals surface area contributed by atoms with Gasteiger partial charge in [0.2, 0.25) is 0 Å². The Morgan fingerprint density at radius 3 is 2.67 bits per heavy atom. The summed E-state index contributed by atoms with van der Waals surface area (Å²) < 4.78 is 0.720. The molecular weight excluding hydrogens is 269 g/mol. The third kappa shape index (κ3) is 2.09. The minimum absolute atomic E-state index is 0.195. The van der Waals surface area contributed by atoms with Crippen molar-refractivity contribution in [2.75, 3.05) is 6.54 Å². The molecule has 0 aromatic heterocycles. The Kier molecular flexibility index (Phi) is 3.30. The summed E-state index contributed by atoms with van der Waals surface area (Å²) in [7, 11) is 0. The van der Waals surface area contributed by atoms with E-state index in [0.717, 1.165) is 9.13 Å². The average molecular weight is 279 g/mol. The second kappa shape index (κ2) is 4.06. The van der Waals surface area contributed by atoms with Gasteiger partial charge in [-0.05, 0) is 40.3 Å². The quantitative estimate of drug-likeness (QED) is 0.707. The number of phenols is 1. The number of rotatable bonds is 2. The zero-order valence-electron chi connectivity index (χ0n) is 6.37. The number of nitrogens with two attached hydrogens (primary N) is 1. The molecule has 12 heavy (non-hydrogen) atoms. The van der Waals surface area contributed by atoms with Crippen LogP contribution in [0.4, 0.5) is 0 Å². The van der Waals surface area contributed by atoms with Gasteiger partial charge in [-0.3, -0.25) is 0 Å². The Labute approximate surface area is 84.4 Å². The Balaban J connectivity index is 2.96. The normalized spacial score (nSPS) is 12.9. The number of halogens is 1. The molecular formula is C8H10INO2. The van der Waals surface area contributed by atoms with Crippen LogP contribution >= 0.6 is 22.6 Å². The molecule has 1 atom stereocenters. The molecule has 0 saturated carbocycles. The number of phenolic OH excluding ortho intramolecular Hbond substituents is 1. The van der Waals surface area contributed by atoms with Crippen LogP contribution in [-0.2, 0) is 0 Å². The van der Waals surface area contributed by atoms with Crippen LogP contribution in [0.5, 0.6) is 5.75 Å². The fourth-order valence-corrected chi connectivity index (χ4v) is 1.41. The molecule has 4 N–H and O–H groups in total. The Morgan fingerprint density at radius 2 is 2.17 bits per heavy atom. The molecule has 0 radical (unpaired) electrons. The van der Waals surface area contributed by atoms with Crippen LogP contribution in [0.2, 0.25) is 0 Å². The predicted molar refractivity (Wildman–Crippen MR) is 54.8 cm³/mol. The van der Waals surface area contributed by atoms with Crippen LogP contribution in [0.1, 0.15) is 11.7 Å². The second-order valence-corrected chi connectivity index (χ2v) is 3.62. The van der Waals surface area contributed by atoms with Crippen LogP contribution in [0, 0.1) is 3.57 Å². The van der Waals surface area contributed by atoms with E-state index in [0.29, 0.717) is 0 Å². The second-order valence-electron chi connectivity index (χ2n) is 2.46. The molecule has 0 bridgehead atoms. The largest absolute Gasteiger partial charge is 0.507 e. The van der Waals surface area contributed by atoms with Crippen molar-refractivity contribution in [2.24, 2.45) is 5.73 Å². The summed E-state index contributed by atoms with van der Waals surface area (Å²) in [6.07, 6.45) is -0.640. The van der Waals surface area contributed by atoms with Gasteiger partial charge in [-0.15, -0.1) is 0 Å². The van der Waals surface area contributed by atoms with Crippen molar-refractivity contribution in [3.05, 3.63) is 27.3 Å². The van der Waals surface area contributed by atoms with Crippen molar-refractivity contribution in [3.8, 4) is 5.75 Å². The fraction of sp³-hybridized carbons (Fsp3) is 0.250. The Bertz CT molecular complexity index is 278. The van der Waals surface area contributed by atoms with Gasteiger partial charge in [-0.25, -0.2) is 0 Å². The van der Waals surface area contributed by atoms with E-state index in [-0.39, 0.29) is 12.3 Å². The summed E-state index contributed by atoms with van der Waals surface area (Å²) in [4.78, 5) is 0. The number of aliphatic hydroxyl groups is 1. The first-order chi connectivity index (χ1) is 5.65. The molecule has 1 rings (SSSR count). The summed E-state index contributed by atoms with van der Waals surface area (Å²) in [6, 6.07) is 4.93. The van der Waals surface area contributed by atoms with Crippen molar-refractivity contribution in [1.82, 2.24) is 0 Å². The van der Waals surface area contributed by atoms with E-state index in [1.165, 1.54) is 0 Å². The highest BCUT2D eigenvalue weighted by Crippen LogP contribution is 2.23. The zero-order valence-corrected chi connectivity index (χ0v) is 8.52. The average Bonchev–Trinajstić information content (AvgIpc) is 2.08. The molecule has 1 aromatic rings. The van der Waals surface area contributed by atoms with Crippen LogP contribution < -0.4 is 5.73 Å². The minimum Gasteiger partial charge on any atom is -0.507 e. The van der Waals surface area contributed by atoms with Crippen molar-refractivity contribution < 1.29 is 10.2 Å². The SMILES string of the molecule is NCC(O)c1ccc(O)c(I)c1. The first kappa shape index (κ1) is 9.76. The van der Waals surface area contributed by atoms with Crippen molar-refractivity contribution in [2.45, 2.75) is 6.10 Å². The highest BCUT2D eigenvalue weighted by Gasteiger charge is 2.06. The van der Waals surface area contributed by atoms with Gasteiger partial charge in [-0.1, -0.05) is 6.07 Å². The highest BCUT2D eigenvalue weighted by molar-refractivity contribution is 14.1. The molecule has 0 heterocycles. The van der Waals surface area contributed by atoms with E-state index in [1.54, 1.807) is 18.2 Å². The molecule has 0 aliphatic carbocycles. The molecule has 0 saturated heterocycles. The van der Waals surface area contributed by atoms with Crippen LogP contribution in [0.3, 0.4) is 0 Å². The van der Waals surface area contributed by atoms with Crippen molar-refractivity contribution in [3.63, 3.8) is 0 Å². The van der Waals surface area contributed by atoms with Gasteiger partial charge in [0.15, 0.2) is 0 Å². The fourth-order valence-electron chi connectivity index (χ4n) is 0.867. The smallest absolute Gasteiger partial charge is 0.128 e. The highest BCUT2D eigenvalue weighted by atomic mass is 127. The first-order valence-electron chi connectivity index (χ1n) is 3.51. The maximum Gasteiger partial charge on any atom is 0.128 e. The maximum absolute atomic E-state index is 9.33. The lowest BCUT2D eigenvalue weighted by molar-refractivity contribution is 0.186. The number of hydrogen-bond donors (Lipinski definition) is 3. The molecule has 0 aliphatic rings. The Hall–Kier alpha value is -0.330. The van der Waals surface area contributed by atoms with E-state index in [2.05, 4.69) is 0 Å². The topological polar surface area (TPSA) is 66.5 Å². The standard InChI is InChI=1S/C8H10INO2/c9-6-3-5(8(12)4-10)1-2-7(6)11/h1-3,8,11-12H,4,10H2. The lowest BCUT2D eigenvalue weighted by Gasteiger charge is -2.08. The molecule has 1 aromatic carbocycles. The van der Waals surface area contributed by atoms with Gasteiger partial charge >= 0.3 is 0 Å². The van der Waals surface area contributed by atoms with E-state index in [9.17, 15) is 10.2 Å². The number of hydrogen-bond acceptors (Lipinski definition) is 3. The summed E-state index contributed by atoms with van der Waals surface area (Å²) >= 11 is 2.00. The van der Waals surface area contributed by atoms with Gasteiger partial charge in [0.05, 0.1) is 9.67 Å². The first-order valence-corrected chi connectivity index (χ1v) is 4.59. The molecule has 1 unspecified atom stereocenters. The number of benzene rings is 1. The molecule has 3 nitrogen and oxygen atoms in total. The Morgan fingerprint density at radius 1 is 1.50 bits per heavy atom. The third-order valence-corrected chi connectivity index (χ3v) is 2.44. The lowest BCUT2D eigenvalue weighted by Crippen LogP contribution is -2.11. The summed E-state index contributed by atoms with van der Waals surface area (Å²) in [6.45, 7) is 0.195. The zero-order chi connectivity index (χ0) is 9.14. The lowest BCUT2D eigenvalue weighted by atomic mass is 10.1. The molecule has 0 aliphatic heterocycles. The predicted octanol–water partition coefficient (Wildman–Crippen LogP) is 0.989. The van der Waals surface area contributed by atoms with E-state index in [1.807, 2.05) is 22.6 Å². The summed E-state index contributed by atoms with van der Waals surface area (Å²) in [5, 5.41) is 18.5. The number of aromatic hydroxyl groups is 1. The van der Waals surface area contributed by atoms with Gasteiger partial charge in [0.25, 0.3) is 0 Å². The van der Waals surface area contributed by atoms with E-state index in [4.69, 9.17) is 5.73 Å². The maximum atomic E-state index is 9.33. The van der Waals surface area contributed by atoms with Gasteiger partial charge in [0.1, 0.15) is 5.75 Å². The van der Waals surface area contributed by atoms with Crippen LogP contribution in [0.25, 0.3) is 0 Å². The van der Waals surface area contributed by atoms with Crippen LogP contribution in [-0.4, -0.2) is 16.8 Å². The molecule has 4 heteroatoms. The molecule has 66 valence electrons. The van der Waals surface area contributed by atoms with Crippen LogP contribution in [0.15, 0.2) is 18.2 Å².